The standard InChI is InChI=1S/C18H25N3O3/c22-16-8-4-3-7-15(16)20-18(24)19-11-17(23)21-10-9-13-5-1-2-6-14(13)12-21/h1-2,5-6,15-16,22H,3-4,7-12H2,(H2,19,20,24). The Morgan fingerprint density at radius 3 is 2.71 bits per heavy atom. The lowest BCUT2D eigenvalue weighted by Gasteiger charge is -2.30. The molecule has 1 aliphatic heterocycles. The Morgan fingerprint density at radius 2 is 1.92 bits per heavy atom. The van der Waals surface area contributed by atoms with E-state index in [9.17, 15) is 14.7 Å². The predicted octanol–water partition coefficient (Wildman–Crippen LogP) is 1.17. The summed E-state index contributed by atoms with van der Waals surface area (Å²) in [6.07, 6.45) is 3.87. The van der Waals surface area contributed by atoms with Gasteiger partial charge >= 0.3 is 6.03 Å². The zero-order valence-corrected chi connectivity index (χ0v) is 13.8. The third-order valence-electron chi connectivity index (χ3n) is 4.93. The van der Waals surface area contributed by atoms with Crippen molar-refractivity contribution < 1.29 is 14.7 Å². The number of aliphatic hydroxyl groups excluding tert-OH is 1. The second-order valence-electron chi connectivity index (χ2n) is 6.62. The van der Waals surface area contributed by atoms with Crippen molar-refractivity contribution in [3.05, 3.63) is 35.4 Å². The summed E-state index contributed by atoms with van der Waals surface area (Å²) in [6, 6.07) is 7.54. The van der Waals surface area contributed by atoms with E-state index in [2.05, 4.69) is 16.7 Å². The Bertz CT molecular complexity index is 605. The molecular weight excluding hydrogens is 306 g/mol. The van der Waals surface area contributed by atoms with Gasteiger partial charge in [0.1, 0.15) is 0 Å². The molecule has 24 heavy (non-hydrogen) atoms. The smallest absolute Gasteiger partial charge is 0.315 e. The van der Waals surface area contributed by atoms with E-state index in [1.54, 1.807) is 4.90 Å². The molecule has 3 N–H and O–H groups in total. The minimum absolute atomic E-state index is 0.0170. The quantitative estimate of drug-likeness (QED) is 0.778. The van der Waals surface area contributed by atoms with Crippen LogP contribution in [0.4, 0.5) is 4.79 Å². The molecule has 3 rings (SSSR count). The van der Waals surface area contributed by atoms with Gasteiger partial charge in [-0.3, -0.25) is 4.79 Å². The van der Waals surface area contributed by atoms with Crippen LogP contribution in [0.5, 0.6) is 0 Å². The first-order valence-corrected chi connectivity index (χ1v) is 8.70. The lowest BCUT2D eigenvalue weighted by atomic mass is 9.93. The van der Waals surface area contributed by atoms with Gasteiger partial charge < -0.3 is 20.6 Å². The first kappa shape index (κ1) is 16.8. The van der Waals surface area contributed by atoms with Crippen LogP contribution in [0.3, 0.4) is 0 Å². The molecule has 1 heterocycles. The minimum atomic E-state index is -0.487. The zero-order chi connectivity index (χ0) is 16.9. The van der Waals surface area contributed by atoms with Gasteiger partial charge in [-0.15, -0.1) is 0 Å². The van der Waals surface area contributed by atoms with Crippen molar-refractivity contribution in [2.75, 3.05) is 13.1 Å². The van der Waals surface area contributed by atoms with E-state index in [1.165, 1.54) is 11.1 Å². The zero-order valence-electron chi connectivity index (χ0n) is 13.8. The number of nitrogens with zero attached hydrogens (tertiary/aromatic N) is 1. The molecule has 0 spiro atoms. The Morgan fingerprint density at radius 1 is 1.17 bits per heavy atom. The van der Waals surface area contributed by atoms with Crippen LogP contribution in [-0.4, -0.2) is 47.2 Å². The minimum Gasteiger partial charge on any atom is -0.391 e. The number of carbonyl (C=O) groups is 2. The second kappa shape index (κ2) is 7.66. The van der Waals surface area contributed by atoms with Crippen LogP contribution < -0.4 is 10.6 Å². The van der Waals surface area contributed by atoms with Gasteiger partial charge in [-0.25, -0.2) is 4.79 Å². The lowest BCUT2D eigenvalue weighted by Crippen LogP contribution is -2.51. The molecule has 2 aliphatic rings. The number of aliphatic hydroxyl groups is 1. The highest BCUT2D eigenvalue weighted by Gasteiger charge is 2.25. The number of fused-ring (bicyclic) bond motifs is 1. The van der Waals surface area contributed by atoms with Crippen LogP contribution in [-0.2, 0) is 17.8 Å². The average Bonchev–Trinajstić information content (AvgIpc) is 2.61. The van der Waals surface area contributed by atoms with E-state index in [-0.39, 0.29) is 24.5 Å². The van der Waals surface area contributed by atoms with Gasteiger partial charge in [0.05, 0.1) is 18.7 Å². The average molecular weight is 331 g/mol. The largest absolute Gasteiger partial charge is 0.391 e. The summed E-state index contributed by atoms with van der Waals surface area (Å²) in [4.78, 5) is 26.0. The Balaban J connectivity index is 1.45. The normalized spacial score (nSPS) is 23.3. The van der Waals surface area contributed by atoms with Gasteiger partial charge in [-0.05, 0) is 30.4 Å². The molecule has 1 aromatic rings. The molecule has 2 atom stereocenters. The van der Waals surface area contributed by atoms with Crippen LogP contribution in [0.2, 0.25) is 0 Å². The van der Waals surface area contributed by atoms with Crippen molar-refractivity contribution in [3.8, 4) is 0 Å². The van der Waals surface area contributed by atoms with Crippen LogP contribution in [0.25, 0.3) is 0 Å². The Hall–Kier alpha value is -2.08. The number of amides is 3. The summed E-state index contributed by atoms with van der Waals surface area (Å²) in [7, 11) is 0. The van der Waals surface area contributed by atoms with Gasteiger partial charge in [0.15, 0.2) is 0 Å². The first-order valence-electron chi connectivity index (χ1n) is 8.70. The fourth-order valence-corrected chi connectivity index (χ4v) is 3.48. The summed E-state index contributed by atoms with van der Waals surface area (Å²) in [6.45, 7) is 1.26. The highest BCUT2D eigenvalue weighted by Crippen LogP contribution is 2.19. The van der Waals surface area contributed by atoms with Crippen molar-refractivity contribution in [2.24, 2.45) is 0 Å². The molecule has 1 fully saturated rings. The highest BCUT2D eigenvalue weighted by atomic mass is 16.3. The summed E-state index contributed by atoms with van der Waals surface area (Å²) in [5.41, 5.74) is 2.46. The number of hydrogen-bond acceptors (Lipinski definition) is 3. The maximum Gasteiger partial charge on any atom is 0.315 e. The fraction of sp³-hybridized carbons (Fsp3) is 0.556. The summed E-state index contributed by atoms with van der Waals surface area (Å²) >= 11 is 0. The summed E-state index contributed by atoms with van der Waals surface area (Å²) in [5.74, 6) is -0.0798. The predicted molar refractivity (Wildman–Crippen MR) is 90.4 cm³/mol. The molecular formula is C18H25N3O3. The van der Waals surface area contributed by atoms with E-state index in [1.807, 2.05) is 18.2 Å². The van der Waals surface area contributed by atoms with E-state index in [0.29, 0.717) is 13.1 Å². The van der Waals surface area contributed by atoms with E-state index in [4.69, 9.17) is 0 Å². The van der Waals surface area contributed by atoms with E-state index < -0.39 is 6.10 Å². The molecule has 1 aromatic carbocycles. The van der Waals surface area contributed by atoms with Crippen molar-refractivity contribution >= 4 is 11.9 Å². The van der Waals surface area contributed by atoms with Crippen LogP contribution >= 0.6 is 0 Å². The van der Waals surface area contributed by atoms with E-state index in [0.717, 1.165) is 32.1 Å². The number of nitrogens with one attached hydrogen (secondary N) is 2. The van der Waals surface area contributed by atoms with Gasteiger partial charge in [0, 0.05) is 13.1 Å². The number of urea groups is 1. The monoisotopic (exact) mass is 331 g/mol. The number of rotatable bonds is 3. The molecule has 0 radical (unpaired) electrons. The van der Waals surface area contributed by atoms with Gasteiger partial charge in [-0.1, -0.05) is 37.1 Å². The third-order valence-corrected chi connectivity index (χ3v) is 4.93. The number of benzene rings is 1. The fourth-order valence-electron chi connectivity index (χ4n) is 3.48. The summed E-state index contributed by atoms with van der Waals surface area (Å²) in [5, 5.41) is 15.3. The topological polar surface area (TPSA) is 81.7 Å². The Labute approximate surface area is 142 Å². The maximum atomic E-state index is 12.3. The molecule has 0 bridgehead atoms. The second-order valence-corrected chi connectivity index (χ2v) is 6.62. The molecule has 130 valence electrons. The molecule has 2 unspecified atom stereocenters. The molecule has 1 aliphatic carbocycles. The van der Waals surface area contributed by atoms with Crippen molar-refractivity contribution in [3.63, 3.8) is 0 Å². The van der Waals surface area contributed by atoms with Gasteiger partial charge in [0.25, 0.3) is 0 Å². The molecule has 6 nitrogen and oxygen atoms in total. The van der Waals surface area contributed by atoms with Crippen molar-refractivity contribution in [1.29, 1.82) is 0 Å². The van der Waals surface area contributed by atoms with Crippen molar-refractivity contribution in [2.45, 2.75) is 50.8 Å². The molecule has 6 heteroatoms. The maximum absolute atomic E-state index is 12.3. The van der Waals surface area contributed by atoms with Gasteiger partial charge in [-0.2, -0.15) is 0 Å². The first-order chi connectivity index (χ1) is 11.6. The lowest BCUT2D eigenvalue weighted by molar-refractivity contribution is -0.131. The van der Waals surface area contributed by atoms with Crippen LogP contribution in [0, 0.1) is 0 Å². The van der Waals surface area contributed by atoms with E-state index >= 15 is 0 Å². The van der Waals surface area contributed by atoms with Crippen LogP contribution in [0.1, 0.15) is 36.8 Å². The van der Waals surface area contributed by atoms with Crippen LogP contribution in [0.15, 0.2) is 24.3 Å². The number of carbonyl (C=O) groups excluding carboxylic acids is 2. The highest BCUT2D eigenvalue weighted by molar-refractivity contribution is 5.84. The number of hydrogen-bond donors (Lipinski definition) is 3. The van der Waals surface area contributed by atoms with Crippen molar-refractivity contribution in [1.82, 2.24) is 15.5 Å². The SMILES string of the molecule is O=C(NCC(=O)N1CCc2ccccc2C1)NC1CCCCC1O. The third kappa shape index (κ3) is 4.06. The molecule has 0 aromatic heterocycles. The molecule has 1 saturated carbocycles. The van der Waals surface area contributed by atoms with Gasteiger partial charge in [0.2, 0.25) is 5.91 Å². The summed E-state index contributed by atoms with van der Waals surface area (Å²) < 4.78 is 0. The Kier molecular flexibility index (Phi) is 5.35. The molecule has 0 saturated heterocycles. The molecule has 3 amide bonds.